The molecule has 3 heterocycles. The summed E-state index contributed by atoms with van der Waals surface area (Å²) in [5, 5.41) is 15.6. The van der Waals surface area contributed by atoms with E-state index in [0.29, 0.717) is 4.80 Å². The predicted molar refractivity (Wildman–Crippen MR) is 147 cm³/mol. The fourth-order valence-corrected chi connectivity index (χ4v) is 4.63. The molecule has 0 saturated heterocycles. The summed E-state index contributed by atoms with van der Waals surface area (Å²) >= 11 is 18.6. The van der Waals surface area contributed by atoms with Gasteiger partial charge in [-0.15, -0.1) is 0 Å². The Hall–Kier alpha value is -3.96. The number of benzene rings is 1. The molecule has 0 bridgehead atoms. The maximum atomic E-state index is 14.4. The molecule has 0 saturated carbocycles. The molecule has 0 aliphatic rings. The number of hydrogen-bond donors (Lipinski definition) is 2. The minimum Gasteiger partial charge on any atom is -0.350 e. The first-order chi connectivity index (χ1) is 20.8. The van der Waals surface area contributed by atoms with Gasteiger partial charge in [-0.25, -0.2) is 14.1 Å². The molecule has 4 aromatic rings. The first kappa shape index (κ1) is 33.9. The third-order valence-electron chi connectivity index (χ3n) is 5.86. The summed E-state index contributed by atoms with van der Waals surface area (Å²) < 4.78 is 94.4. The summed E-state index contributed by atoms with van der Waals surface area (Å²) in [4.78, 5) is 30.8. The Morgan fingerprint density at radius 3 is 2.20 bits per heavy atom. The Kier molecular flexibility index (Phi) is 9.38. The third kappa shape index (κ3) is 6.84. The highest BCUT2D eigenvalue weighted by Gasteiger charge is 2.75. The van der Waals surface area contributed by atoms with E-state index < -0.39 is 42.1 Å². The number of carbonyl (C=O) groups is 2. The van der Waals surface area contributed by atoms with Gasteiger partial charge < -0.3 is 10.6 Å². The van der Waals surface area contributed by atoms with Crippen LogP contribution in [0.3, 0.4) is 0 Å². The van der Waals surface area contributed by atoms with Crippen molar-refractivity contribution in [1.82, 2.24) is 35.1 Å². The van der Waals surface area contributed by atoms with Crippen molar-refractivity contribution in [1.29, 1.82) is 0 Å². The van der Waals surface area contributed by atoms with Gasteiger partial charge in [-0.1, -0.05) is 34.8 Å². The number of nitrogens with zero attached hydrogens (tertiary/aromatic N) is 6. The summed E-state index contributed by atoms with van der Waals surface area (Å²) in [6, 6.07) is 6.14. The van der Waals surface area contributed by atoms with E-state index in [9.17, 15) is 40.3 Å². The van der Waals surface area contributed by atoms with Crippen LogP contribution in [0.1, 0.15) is 46.1 Å². The van der Waals surface area contributed by atoms with Crippen LogP contribution in [0.15, 0.2) is 42.7 Å². The van der Waals surface area contributed by atoms with E-state index >= 15 is 0 Å². The molecule has 45 heavy (non-hydrogen) atoms. The van der Waals surface area contributed by atoms with Gasteiger partial charge in [-0.3, -0.25) is 9.59 Å². The second-order valence-corrected chi connectivity index (χ2v) is 10.8. The number of anilines is 1. The Labute approximate surface area is 263 Å². The minimum absolute atomic E-state index is 0.0141. The largest absolute Gasteiger partial charge is 0.437 e. The summed E-state index contributed by atoms with van der Waals surface area (Å²) in [7, 11) is 0. The first-order valence-corrected chi connectivity index (χ1v) is 13.5. The molecule has 20 heteroatoms. The van der Waals surface area contributed by atoms with Crippen LogP contribution in [0.2, 0.25) is 15.1 Å². The molecular formula is C25H18Cl3F7N8O2. The number of pyridine rings is 1. The predicted octanol–water partition coefficient (Wildman–Crippen LogP) is 6.55. The molecule has 1 aromatic carbocycles. The van der Waals surface area contributed by atoms with Crippen LogP contribution in [-0.4, -0.2) is 60.0 Å². The van der Waals surface area contributed by atoms with E-state index in [0.717, 1.165) is 10.7 Å². The second kappa shape index (κ2) is 12.4. The van der Waals surface area contributed by atoms with E-state index in [1.165, 1.54) is 30.5 Å². The van der Waals surface area contributed by atoms with Crippen molar-refractivity contribution in [3.05, 3.63) is 80.4 Å². The number of halogens is 10. The maximum absolute atomic E-state index is 14.4. The zero-order chi connectivity index (χ0) is 33.5. The molecule has 2 N–H and O–H groups in total. The van der Waals surface area contributed by atoms with Crippen LogP contribution in [-0.2, 0) is 12.2 Å². The van der Waals surface area contributed by atoms with Crippen LogP contribution < -0.4 is 10.6 Å². The zero-order valence-electron chi connectivity index (χ0n) is 22.6. The Morgan fingerprint density at radius 2 is 1.60 bits per heavy atom. The lowest BCUT2D eigenvalue weighted by Gasteiger charge is -2.27. The molecule has 4 rings (SSSR count). The molecule has 10 nitrogen and oxygen atoms in total. The van der Waals surface area contributed by atoms with Crippen LogP contribution in [0.25, 0.3) is 5.82 Å². The van der Waals surface area contributed by atoms with Crippen LogP contribution in [0, 0.1) is 0 Å². The smallest absolute Gasteiger partial charge is 0.350 e. The molecule has 0 atom stereocenters. The molecule has 0 unspecified atom stereocenters. The Balaban J connectivity index is 1.75. The molecule has 0 fully saturated rings. The van der Waals surface area contributed by atoms with E-state index in [2.05, 4.69) is 30.9 Å². The minimum atomic E-state index is -6.40. The zero-order valence-corrected chi connectivity index (χ0v) is 24.9. The second-order valence-electron chi connectivity index (χ2n) is 9.55. The molecular weight excluding hydrogens is 684 g/mol. The monoisotopic (exact) mass is 700 g/mol. The van der Waals surface area contributed by atoms with Crippen molar-refractivity contribution in [2.24, 2.45) is 0 Å². The van der Waals surface area contributed by atoms with Gasteiger partial charge in [0.25, 0.3) is 11.8 Å². The van der Waals surface area contributed by atoms with Gasteiger partial charge in [0.05, 0.1) is 33.2 Å². The van der Waals surface area contributed by atoms with Gasteiger partial charge in [0.1, 0.15) is 17.9 Å². The number of amides is 2. The summed E-state index contributed by atoms with van der Waals surface area (Å²) in [5.74, 6) is -1.69. The lowest BCUT2D eigenvalue weighted by Crippen LogP contribution is -2.50. The van der Waals surface area contributed by atoms with Gasteiger partial charge in [0.15, 0.2) is 5.82 Å². The molecule has 0 aliphatic heterocycles. The Bertz CT molecular complexity index is 1740. The summed E-state index contributed by atoms with van der Waals surface area (Å²) in [6.07, 6.45) is -11.5. The molecule has 0 spiro atoms. The van der Waals surface area contributed by atoms with Crippen molar-refractivity contribution in [3.63, 3.8) is 0 Å². The fraction of sp³-hybridized carbons (Fsp3) is 0.280. The van der Waals surface area contributed by atoms with Crippen LogP contribution in [0.5, 0.6) is 0 Å². The average Bonchev–Trinajstić information content (AvgIpc) is 3.55. The van der Waals surface area contributed by atoms with Gasteiger partial charge in [-0.05, 0) is 44.2 Å². The average molecular weight is 702 g/mol. The van der Waals surface area contributed by atoms with Crippen molar-refractivity contribution in [3.8, 4) is 5.82 Å². The van der Waals surface area contributed by atoms with Gasteiger partial charge in [-0.2, -0.15) is 46.4 Å². The normalized spacial score (nSPS) is 12.5. The standard InChI is InChI=1S/C25H18Cl3F7N8O2/c1-11(2)38-21(44)14-6-12(26)7-16(28)19(14)39-22(45)17-8-13(40-43(17)20-15(27)4-3-5-36-20)10-42-37-9-18(41-42)23(29,24(30,31)32)25(33,34)35/h3-9,11H,10H2,1-2H3,(H,38,44)(H,39,45). The van der Waals surface area contributed by atoms with Crippen molar-refractivity contribution in [2.75, 3.05) is 5.32 Å². The van der Waals surface area contributed by atoms with E-state index in [-0.39, 0.29) is 55.8 Å². The summed E-state index contributed by atoms with van der Waals surface area (Å²) in [5.41, 5.74) is -8.65. The van der Waals surface area contributed by atoms with E-state index in [1.54, 1.807) is 13.8 Å². The SMILES string of the molecule is CC(C)NC(=O)c1cc(Cl)cc(Cl)c1NC(=O)c1cc(Cn2ncc(C(F)(C(F)(F)F)C(F)(F)F)n2)nn1-c1ncccc1Cl. The molecule has 0 radical (unpaired) electrons. The highest BCUT2D eigenvalue weighted by Crippen LogP contribution is 2.52. The fourth-order valence-electron chi connectivity index (χ4n) is 3.89. The molecule has 0 aliphatic carbocycles. The first-order valence-electron chi connectivity index (χ1n) is 12.4. The lowest BCUT2D eigenvalue weighted by atomic mass is 10.0. The molecule has 2 amide bonds. The van der Waals surface area contributed by atoms with Crippen LogP contribution in [0.4, 0.5) is 36.4 Å². The third-order valence-corrected chi connectivity index (χ3v) is 6.68. The Morgan fingerprint density at radius 1 is 0.933 bits per heavy atom. The molecule has 240 valence electrons. The van der Waals surface area contributed by atoms with Gasteiger partial charge >= 0.3 is 18.0 Å². The highest BCUT2D eigenvalue weighted by atomic mass is 35.5. The number of nitrogens with one attached hydrogen (secondary N) is 2. The molecule has 3 aromatic heterocycles. The van der Waals surface area contributed by atoms with Gasteiger partial charge in [0.2, 0.25) is 0 Å². The lowest BCUT2D eigenvalue weighted by molar-refractivity contribution is -0.350. The number of rotatable bonds is 8. The number of alkyl halides is 7. The van der Waals surface area contributed by atoms with E-state index in [4.69, 9.17) is 34.8 Å². The number of aromatic nitrogens is 6. The van der Waals surface area contributed by atoms with Gasteiger partial charge in [0, 0.05) is 17.3 Å². The highest BCUT2D eigenvalue weighted by molar-refractivity contribution is 6.38. The van der Waals surface area contributed by atoms with E-state index in [1.807, 2.05) is 0 Å². The number of hydrogen-bond acceptors (Lipinski definition) is 6. The van der Waals surface area contributed by atoms with Crippen molar-refractivity contribution in [2.45, 2.75) is 44.5 Å². The summed E-state index contributed by atoms with van der Waals surface area (Å²) in [6.45, 7) is 2.65. The topological polar surface area (TPSA) is 120 Å². The van der Waals surface area contributed by atoms with Crippen molar-refractivity contribution >= 4 is 52.3 Å². The van der Waals surface area contributed by atoms with Crippen molar-refractivity contribution < 1.29 is 40.3 Å². The maximum Gasteiger partial charge on any atom is 0.437 e. The quantitative estimate of drug-likeness (QED) is 0.201. The number of carbonyl (C=O) groups excluding carboxylic acids is 2. The van der Waals surface area contributed by atoms with Crippen LogP contribution >= 0.6 is 34.8 Å².